The topological polar surface area (TPSA) is 77.3 Å². The van der Waals surface area contributed by atoms with Crippen molar-refractivity contribution in [1.82, 2.24) is 29.9 Å². The number of rotatable bonds is 7. The zero-order chi connectivity index (χ0) is 42.2. The number of benzene rings is 7. The summed E-state index contributed by atoms with van der Waals surface area (Å²) < 4.78 is 0. The molecule has 4 fully saturated rings. The molecule has 1 spiro atoms. The number of fused-ring (bicyclic) bond motifs is 3. The molecule has 6 nitrogen and oxygen atoms in total. The van der Waals surface area contributed by atoms with Crippen LogP contribution < -0.4 is 0 Å². The molecule has 306 valence electrons. The third-order valence-electron chi connectivity index (χ3n) is 14.8. The van der Waals surface area contributed by atoms with Gasteiger partial charge >= 0.3 is 0 Å². The van der Waals surface area contributed by atoms with E-state index >= 15 is 0 Å². The molecule has 6 heteroatoms. The van der Waals surface area contributed by atoms with Gasteiger partial charge in [0.1, 0.15) is 0 Å². The first-order chi connectivity index (χ1) is 31.6. The maximum atomic E-state index is 5.19. The highest BCUT2D eigenvalue weighted by Crippen LogP contribution is 2.69. The van der Waals surface area contributed by atoms with E-state index in [4.69, 9.17) is 29.9 Å². The Morgan fingerprint density at radius 3 is 0.969 bits per heavy atom. The van der Waals surface area contributed by atoms with Crippen LogP contribution in [-0.4, -0.2) is 29.9 Å². The Labute approximate surface area is 373 Å². The SMILES string of the molecule is c1ccc(-c2nc(-c3ccccc3)nc(-c3ccc(-c4ccc5c(c4)C4(c6cc(-c7nc(-c8ccccc8)nc(-c8ccccc8)n7)ccc6-5)C5CC6CC(C5)CC4C6)cc3)n2)cc1. The Balaban J connectivity index is 0.912. The lowest BCUT2D eigenvalue weighted by molar-refractivity contribution is -0.0399. The molecule has 64 heavy (non-hydrogen) atoms. The highest BCUT2D eigenvalue weighted by Gasteiger charge is 2.61. The molecule has 0 unspecified atom stereocenters. The predicted octanol–water partition coefficient (Wildman–Crippen LogP) is 13.4. The molecule has 4 bridgehead atoms. The lowest BCUT2D eigenvalue weighted by Gasteiger charge is -2.61. The maximum Gasteiger partial charge on any atom is 0.164 e. The van der Waals surface area contributed by atoms with Gasteiger partial charge in [-0.3, -0.25) is 0 Å². The van der Waals surface area contributed by atoms with Gasteiger partial charge in [-0.2, -0.15) is 0 Å². The van der Waals surface area contributed by atoms with Gasteiger partial charge in [0.2, 0.25) is 0 Å². The van der Waals surface area contributed by atoms with Crippen molar-refractivity contribution in [2.45, 2.75) is 37.5 Å². The van der Waals surface area contributed by atoms with Crippen molar-refractivity contribution in [2.75, 3.05) is 0 Å². The molecule has 5 aliphatic rings. The molecular formula is C58H44N6. The van der Waals surface area contributed by atoms with Crippen molar-refractivity contribution in [3.05, 3.63) is 193 Å². The van der Waals surface area contributed by atoms with Crippen molar-refractivity contribution >= 4 is 0 Å². The average Bonchev–Trinajstić information content (AvgIpc) is 3.65. The normalized spacial score (nSPS) is 21.2. The van der Waals surface area contributed by atoms with Crippen molar-refractivity contribution in [2.24, 2.45) is 23.7 Å². The summed E-state index contributed by atoms with van der Waals surface area (Å²) >= 11 is 0. The van der Waals surface area contributed by atoms with E-state index in [0.717, 1.165) is 51.0 Å². The standard InChI is InChI=1S/C58H44N6/c1-5-13-39(14-6-1)52-59-53(40-15-7-2-8-16-40)62-56(61-52)43-23-21-38(22-24-43)44-25-27-48-49-28-26-45(35-51(49)58(50(48)34-44)46-30-36-29-37(32-46)33-47(58)31-36)57-63-54(41-17-9-3-10-18-41)60-55(64-57)42-19-11-4-12-20-42/h1-28,34-37,46-47H,29-33H2. The number of nitrogens with zero attached hydrogens (tertiary/aromatic N) is 6. The number of hydrogen-bond donors (Lipinski definition) is 0. The fraction of sp³-hybridized carbons (Fsp3) is 0.172. The summed E-state index contributed by atoms with van der Waals surface area (Å²) in [6.45, 7) is 0. The molecule has 9 aromatic rings. The van der Waals surface area contributed by atoms with Gasteiger partial charge in [0.05, 0.1) is 0 Å². The third-order valence-corrected chi connectivity index (χ3v) is 14.8. The van der Waals surface area contributed by atoms with Gasteiger partial charge in [-0.05, 0) is 101 Å². The zero-order valence-electron chi connectivity index (χ0n) is 35.3. The van der Waals surface area contributed by atoms with E-state index in [2.05, 4.69) is 109 Å². The van der Waals surface area contributed by atoms with Crippen LogP contribution in [0.1, 0.15) is 43.2 Å². The van der Waals surface area contributed by atoms with Crippen LogP contribution in [0.4, 0.5) is 0 Å². The molecule has 14 rings (SSSR count). The molecule has 0 aliphatic heterocycles. The van der Waals surface area contributed by atoms with Gasteiger partial charge in [0.15, 0.2) is 34.9 Å². The highest BCUT2D eigenvalue weighted by atomic mass is 15.0. The van der Waals surface area contributed by atoms with Crippen molar-refractivity contribution in [1.29, 1.82) is 0 Å². The zero-order valence-corrected chi connectivity index (χ0v) is 35.3. The number of aromatic nitrogens is 6. The van der Waals surface area contributed by atoms with E-state index in [1.165, 1.54) is 65.5 Å². The van der Waals surface area contributed by atoms with E-state index in [-0.39, 0.29) is 5.41 Å². The summed E-state index contributed by atoms with van der Waals surface area (Å²) in [6.07, 6.45) is 6.63. The van der Waals surface area contributed by atoms with Gasteiger partial charge in [0, 0.05) is 38.8 Å². The van der Waals surface area contributed by atoms with Crippen LogP contribution in [-0.2, 0) is 5.41 Å². The first-order valence-corrected chi connectivity index (χ1v) is 22.8. The minimum absolute atomic E-state index is 0.0475. The molecule has 0 atom stereocenters. The van der Waals surface area contributed by atoms with Gasteiger partial charge in [-0.1, -0.05) is 170 Å². The highest BCUT2D eigenvalue weighted by molar-refractivity contribution is 5.87. The third kappa shape index (κ3) is 6.07. The molecule has 5 aliphatic carbocycles. The van der Waals surface area contributed by atoms with E-state index in [1.54, 1.807) is 0 Å². The van der Waals surface area contributed by atoms with Gasteiger partial charge in [-0.15, -0.1) is 0 Å². The Kier molecular flexibility index (Phi) is 8.61. The number of hydrogen-bond acceptors (Lipinski definition) is 6. The molecular weight excluding hydrogens is 781 g/mol. The summed E-state index contributed by atoms with van der Waals surface area (Å²) in [5.74, 6) is 6.99. The monoisotopic (exact) mass is 824 g/mol. The maximum absolute atomic E-state index is 5.19. The molecule has 4 saturated carbocycles. The molecule has 2 heterocycles. The van der Waals surface area contributed by atoms with Crippen LogP contribution in [0.3, 0.4) is 0 Å². The minimum Gasteiger partial charge on any atom is -0.208 e. The van der Waals surface area contributed by atoms with Crippen LogP contribution >= 0.6 is 0 Å². The summed E-state index contributed by atoms with van der Waals surface area (Å²) in [7, 11) is 0. The van der Waals surface area contributed by atoms with Gasteiger partial charge in [0.25, 0.3) is 0 Å². The first kappa shape index (κ1) is 37.1. The van der Waals surface area contributed by atoms with E-state index < -0.39 is 0 Å². The molecule has 7 aromatic carbocycles. The summed E-state index contributed by atoms with van der Waals surface area (Å²) in [6, 6.07) is 64.1. The molecule has 0 radical (unpaired) electrons. The van der Waals surface area contributed by atoms with Crippen LogP contribution in [0.15, 0.2) is 182 Å². The molecule has 2 aromatic heterocycles. The second kappa shape index (κ2) is 14.8. The van der Waals surface area contributed by atoms with Crippen LogP contribution in [0.5, 0.6) is 0 Å². The Hall–Kier alpha value is -7.44. The Bertz CT molecular complexity index is 3060. The Morgan fingerprint density at radius 1 is 0.281 bits per heavy atom. The van der Waals surface area contributed by atoms with Crippen LogP contribution in [0.2, 0.25) is 0 Å². The van der Waals surface area contributed by atoms with Crippen molar-refractivity contribution in [3.63, 3.8) is 0 Å². The molecule has 0 saturated heterocycles. The van der Waals surface area contributed by atoms with E-state index in [1.807, 2.05) is 72.8 Å². The van der Waals surface area contributed by atoms with Crippen LogP contribution in [0, 0.1) is 23.7 Å². The smallest absolute Gasteiger partial charge is 0.164 e. The van der Waals surface area contributed by atoms with Gasteiger partial charge < -0.3 is 0 Å². The fourth-order valence-corrected chi connectivity index (χ4v) is 12.2. The fourth-order valence-electron chi connectivity index (χ4n) is 12.2. The predicted molar refractivity (Wildman–Crippen MR) is 255 cm³/mol. The molecule has 0 amide bonds. The summed E-state index contributed by atoms with van der Waals surface area (Å²) in [5, 5.41) is 0. The second-order valence-corrected chi connectivity index (χ2v) is 18.3. The summed E-state index contributed by atoms with van der Waals surface area (Å²) in [5.41, 5.74) is 14.0. The van der Waals surface area contributed by atoms with E-state index in [0.29, 0.717) is 41.0 Å². The lowest BCUT2D eigenvalue weighted by atomic mass is 9.43. The largest absolute Gasteiger partial charge is 0.208 e. The lowest BCUT2D eigenvalue weighted by Crippen LogP contribution is -2.55. The average molecular weight is 825 g/mol. The minimum atomic E-state index is -0.0475. The second-order valence-electron chi connectivity index (χ2n) is 18.3. The molecule has 0 N–H and O–H groups in total. The van der Waals surface area contributed by atoms with Crippen molar-refractivity contribution in [3.8, 4) is 90.6 Å². The van der Waals surface area contributed by atoms with E-state index in [9.17, 15) is 0 Å². The first-order valence-electron chi connectivity index (χ1n) is 22.8. The van der Waals surface area contributed by atoms with Crippen LogP contribution in [0.25, 0.3) is 90.6 Å². The Morgan fingerprint density at radius 2 is 0.578 bits per heavy atom. The quantitative estimate of drug-likeness (QED) is 0.159. The van der Waals surface area contributed by atoms with Gasteiger partial charge in [-0.25, -0.2) is 29.9 Å². The summed E-state index contributed by atoms with van der Waals surface area (Å²) in [4.78, 5) is 30.3. The van der Waals surface area contributed by atoms with Crippen molar-refractivity contribution < 1.29 is 0 Å².